The van der Waals surface area contributed by atoms with E-state index in [4.69, 9.17) is 5.73 Å². The Morgan fingerprint density at radius 1 is 1.22 bits per heavy atom. The maximum absolute atomic E-state index is 12.7. The third-order valence-corrected chi connectivity index (χ3v) is 7.57. The van der Waals surface area contributed by atoms with Crippen LogP contribution in [-0.2, 0) is 24.6 Å². The normalized spacial score (nSPS) is 24.1. The number of nitrogens with one attached hydrogen (secondary N) is 2. The van der Waals surface area contributed by atoms with Crippen molar-refractivity contribution in [3.8, 4) is 0 Å². The van der Waals surface area contributed by atoms with Gasteiger partial charge in [0.05, 0.1) is 6.04 Å². The first-order valence-corrected chi connectivity index (χ1v) is 12.7. The number of hydrogen-bond donors (Lipinski definition) is 3. The first kappa shape index (κ1) is 26.3. The molecule has 0 aromatic heterocycles. The van der Waals surface area contributed by atoms with E-state index >= 15 is 0 Å². The molecule has 0 spiro atoms. The fourth-order valence-corrected chi connectivity index (χ4v) is 4.59. The van der Waals surface area contributed by atoms with Crippen LogP contribution in [0.15, 0.2) is 12.2 Å². The molecular formula is C21H37N5O5S. The summed E-state index contributed by atoms with van der Waals surface area (Å²) >= 11 is 0. The second kappa shape index (κ2) is 11.8. The zero-order chi connectivity index (χ0) is 23.9. The number of likely N-dealkylation sites (tertiary alicyclic amines) is 1. The van der Waals surface area contributed by atoms with Gasteiger partial charge in [-0.2, -0.15) is 12.7 Å². The van der Waals surface area contributed by atoms with Gasteiger partial charge in [0, 0.05) is 26.6 Å². The maximum atomic E-state index is 12.7. The second-order valence-electron chi connectivity index (χ2n) is 8.76. The van der Waals surface area contributed by atoms with Gasteiger partial charge in [0.1, 0.15) is 6.04 Å². The average molecular weight is 472 g/mol. The molecule has 0 aromatic carbocycles. The van der Waals surface area contributed by atoms with Crippen LogP contribution in [0.4, 0.5) is 0 Å². The molecule has 32 heavy (non-hydrogen) atoms. The summed E-state index contributed by atoms with van der Waals surface area (Å²) in [5.74, 6) is -1.13. The number of unbranched alkanes of at least 4 members (excludes halogenated alkanes) is 3. The van der Waals surface area contributed by atoms with Crippen molar-refractivity contribution >= 4 is 27.9 Å². The third-order valence-electron chi connectivity index (χ3n) is 6.14. The largest absolute Gasteiger partial charge is 0.368 e. The smallest absolute Gasteiger partial charge is 0.303 e. The lowest BCUT2D eigenvalue weighted by atomic mass is 10.1. The van der Waals surface area contributed by atoms with Gasteiger partial charge in [0.2, 0.25) is 17.7 Å². The van der Waals surface area contributed by atoms with Gasteiger partial charge in [-0.25, -0.2) is 4.72 Å². The molecule has 1 saturated heterocycles. The van der Waals surface area contributed by atoms with Gasteiger partial charge in [-0.05, 0) is 51.5 Å². The van der Waals surface area contributed by atoms with E-state index in [0.717, 1.165) is 36.4 Å². The first-order chi connectivity index (χ1) is 15.1. The summed E-state index contributed by atoms with van der Waals surface area (Å²) in [5, 5.41) is 3.06. The second-order valence-corrected chi connectivity index (χ2v) is 10.6. The Balaban J connectivity index is 1.63. The molecule has 2 aliphatic rings. The van der Waals surface area contributed by atoms with E-state index in [0.29, 0.717) is 25.8 Å². The van der Waals surface area contributed by atoms with Gasteiger partial charge in [-0.1, -0.05) is 25.0 Å². The minimum absolute atomic E-state index is 0.0528. The molecule has 10 nitrogen and oxygen atoms in total. The summed E-state index contributed by atoms with van der Waals surface area (Å²) in [7, 11) is 0.769. The number of likely N-dealkylation sites (N-methyl/N-ethyl adjacent to an activating group) is 1. The fraction of sp³-hybridized carbons (Fsp3) is 0.762. The number of carbonyl (C=O) groups is 3. The number of amides is 3. The Bertz CT molecular complexity index is 813. The molecule has 11 heteroatoms. The lowest BCUT2D eigenvalue weighted by Crippen LogP contribution is -2.50. The van der Waals surface area contributed by atoms with Crippen LogP contribution in [0.3, 0.4) is 0 Å². The predicted octanol–water partition coefficient (Wildman–Crippen LogP) is 0.116. The highest BCUT2D eigenvalue weighted by Crippen LogP contribution is 2.40. The predicted molar refractivity (Wildman–Crippen MR) is 121 cm³/mol. The van der Waals surface area contributed by atoms with Crippen molar-refractivity contribution in [1.82, 2.24) is 19.2 Å². The number of primary amides is 1. The molecule has 0 radical (unpaired) electrons. The molecule has 3 amide bonds. The van der Waals surface area contributed by atoms with Crippen LogP contribution in [0.2, 0.25) is 0 Å². The summed E-state index contributed by atoms with van der Waals surface area (Å²) in [6.07, 6.45) is 10.5. The molecule has 1 saturated carbocycles. The van der Waals surface area contributed by atoms with E-state index in [1.165, 1.54) is 14.1 Å². The van der Waals surface area contributed by atoms with Crippen molar-refractivity contribution in [3.05, 3.63) is 12.2 Å². The summed E-state index contributed by atoms with van der Waals surface area (Å²) in [6, 6.07) is -0.797. The topological polar surface area (TPSA) is 142 Å². The Morgan fingerprint density at radius 2 is 1.94 bits per heavy atom. The summed E-state index contributed by atoms with van der Waals surface area (Å²) in [6.45, 7) is 0.580. The highest BCUT2D eigenvalue weighted by atomic mass is 32.2. The number of carbonyl (C=O) groups excluding carboxylic acids is 3. The molecular weight excluding hydrogens is 434 g/mol. The van der Waals surface area contributed by atoms with E-state index in [-0.39, 0.29) is 23.8 Å². The van der Waals surface area contributed by atoms with Gasteiger partial charge >= 0.3 is 10.2 Å². The lowest BCUT2D eigenvalue weighted by molar-refractivity contribution is -0.139. The molecule has 0 bridgehead atoms. The quantitative estimate of drug-likeness (QED) is 0.257. The average Bonchev–Trinajstić information content (AvgIpc) is 3.32. The van der Waals surface area contributed by atoms with E-state index in [1.807, 2.05) is 12.2 Å². The Hall–Kier alpha value is -1.98. The highest BCUT2D eigenvalue weighted by molar-refractivity contribution is 7.87. The van der Waals surface area contributed by atoms with E-state index in [9.17, 15) is 22.8 Å². The Kier molecular flexibility index (Phi) is 9.65. The number of hydrogen-bond acceptors (Lipinski definition) is 6. The van der Waals surface area contributed by atoms with Crippen LogP contribution in [0.1, 0.15) is 51.4 Å². The van der Waals surface area contributed by atoms with Crippen molar-refractivity contribution in [2.75, 3.05) is 27.7 Å². The molecule has 182 valence electrons. The van der Waals surface area contributed by atoms with Crippen molar-refractivity contribution in [3.63, 3.8) is 0 Å². The first-order valence-electron chi connectivity index (χ1n) is 11.3. The van der Waals surface area contributed by atoms with Crippen molar-refractivity contribution in [2.24, 2.45) is 17.6 Å². The van der Waals surface area contributed by atoms with Gasteiger partial charge in [-0.3, -0.25) is 14.4 Å². The summed E-state index contributed by atoms with van der Waals surface area (Å²) < 4.78 is 26.5. The van der Waals surface area contributed by atoms with E-state index in [2.05, 4.69) is 10.0 Å². The number of nitrogens with zero attached hydrogens (tertiary/aromatic N) is 2. The van der Waals surface area contributed by atoms with Gasteiger partial charge in [0.15, 0.2) is 0 Å². The molecule has 1 heterocycles. The molecule has 4 unspecified atom stereocenters. The number of allylic oxidation sites excluding steroid dienone is 2. The van der Waals surface area contributed by atoms with Crippen LogP contribution in [0, 0.1) is 11.8 Å². The van der Waals surface area contributed by atoms with Crippen molar-refractivity contribution in [1.29, 1.82) is 0 Å². The van der Waals surface area contributed by atoms with Gasteiger partial charge < -0.3 is 16.0 Å². The maximum Gasteiger partial charge on any atom is 0.303 e. The molecule has 2 rings (SSSR count). The third kappa shape index (κ3) is 7.28. The van der Waals surface area contributed by atoms with Crippen LogP contribution in [0.25, 0.3) is 0 Å². The fourth-order valence-electron chi connectivity index (χ4n) is 4.00. The van der Waals surface area contributed by atoms with Gasteiger partial charge in [-0.15, -0.1) is 0 Å². The zero-order valence-electron chi connectivity index (χ0n) is 19.2. The van der Waals surface area contributed by atoms with Crippen molar-refractivity contribution < 1.29 is 22.8 Å². The zero-order valence-corrected chi connectivity index (χ0v) is 20.1. The summed E-state index contributed by atoms with van der Waals surface area (Å²) in [5.41, 5.74) is 5.41. The molecule has 4 N–H and O–H groups in total. The summed E-state index contributed by atoms with van der Waals surface area (Å²) in [4.78, 5) is 37.9. The number of rotatable bonds is 13. The Labute approximate surface area is 191 Å². The van der Waals surface area contributed by atoms with Crippen LogP contribution in [-0.4, -0.2) is 75.1 Å². The standard InChI is InChI=1S/C21H37N5O5S/c1-23-17(21(29)26-13-9-12-18(26)19(22)27)11-8-6-4-5-7-10-15-14-16(15)20(28)24-32(30,31)25(2)3/h7,10,15-18,23H,4-6,8-9,11-14H2,1-3H3,(H2,22,27)(H,24,28). The number of nitrogens with two attached hydrogens (primary N) is 1. The van der Waals surface area contributed by atoms with Crippen LogP contribution < -0.4 is 15.8 Å². The van der Waals surface area contributed by atoms with E-state index in [1.54, 1.807) is 11.9 Å². The molecule has 1 aliphatic carbocycles. The monoisotopic (exact) mass is 471 g/mol. The SMILES string of the molecule is CNC(CCCCCC=CC1CC1C(=O)NS(=O)(=O)N(C)C)C(=O)N1CCCC1C(N)=O. The minimum atomic E-state index is -3.74. The van der Waals surface area contributed by atoms with Gasteiger partial charge in [0.25, 0.3) is 0 Å². The van der Waals surface area contributed by atoms with E-state index < -0.39 is 28.1 Å². The molecule has 2 fully saturated rings. The molecule has 4 atom stereocenters. The molecule has 0 aromatic rings. The lowest BCUT2D eigenvalue weighted by Gasteiger charge is -2.27. The Morgan fingerprint density at radius 3 is 2.56 bits per heavy atom. The van der Waals surface area contributed by atoms with Crippen molar-refractivity contribution in [2.45, 2.75) is 63.5 Å². The highest BCUT2D eigenvalue weighted by Gasteiger charge is 2.42. The minimum Gasteiger partial charge on any atom is -0.368 e. The molecule has 1 aliphatic heterocycles. The van der Waals surface area contributed by atoms with Crippen LogP contribution in [0.5, 0.6) is 0 Å². The van der Waals surface area contributed by atoms with Crippen LogP contribution >= 0.6 is 0 Å².